The summed E-state index contributed by atoms with van der Waals surface area (Å²) < 4.78 is 13.5. The van der Waals surface area contributed by atoms with E-state index in [0.29, 0.717) is 32.4 Å². The van der Waals surface area contributed by atoms with E-state index in [2.05, 4.69) is 10.2 Å². The second-order valence-corrected chi connectivity index (χ2v) is 9.07. The molecule has 31 heavy (non-hydrogen) atoms. The van der Waals surface area contributed by atoms with Crippen LogP contribution in [0.4, 0.5) is 4.39 Å². The van der Waals surface area contributed by atoms with E-state index in [0.717, 1.165) is 42.6 Å². The Morgan fingerprint density at radius 3 is 2.48 bits per heavy atom. The smallest absolute Gasteiger partial charge is 0.229 e. The van der Waals surface area contributed by atoms with Gasteiger partial charge in [-0.2, -0.15) is 5.10 Å². The van der Waals surface area contributed by atoms with Gasteiger partial charge in [0.2, 0.25) is 11.8 Å². The van der Waals surface area contributed by atoms with Crippen LogP contribution in [0.5, 0.6) is 0 Å². The molecule has 1 unspecified atom stereocenters. The van der Waals surface area contributed by atoms with Gasteiger partial charge < -0.3 is 9.80 Å². The van der Waals surface area contributed by atoms with E-state index < -0.39 is 5.41 Å². The third-order valence-electron chi connectivity index (χ3n) is 7.04. The number of hydrogen-bond donors (Lipinski definition) is 1. The summed E-state index contributed by atoms with van der Waals surface area (Å²) in [6.45, 7) is 5.48. The predicted molar refractivity (Wildman–Crippen MR) is 116 cm³/mol. The Balaban J connectivity index is 1.65. The SMILES string of the molecule is CC(=O)N1CCC(Cc2ccc(F)cc2)(C(=O)N2CCCCC2c2[nH]ncc2C)CC1. The van der Waals surface area contributed by atoms with Gasteiger partial charge in [-0.3, -0.25) is 14.7 Å². The van der Waals surface area contributed by atoms with Gasteiger partial charge in [0.25, 0.3) is 0 Å². The molecule has 2 aliphatic rings. The number of nitrogens with zero attached hydrogens (tertiary/aromatic N) is 3. The number of benzene rings is 1. The molecule has 0 radical (unpaired) electrons. The van der Waals surface area contributed by atoms with Crippen molar-refractivity contribution in [2.45, 2.75) is 58.4 Å². The summed E-state index contributed by atoms with van der Waals surface area (Å²) in [5, 5.41) is 7.30. The van der Waals surface area contributed by atoms with Crippen molar-refractivity contribution in [1.29, 1.82) is 0 Å². The molecule has 2 aliphatic heterocycles. The number of piperidine rings is 2. The summed E-state index contributed by atoms with van der Waals surface area (Å²) in [5.41, 5.74) is 2.46. The molecule has 0 aliphatic carbocycles. The Labute approximate surface area is 182 Å². The maximum Gasteiger partial charge on any atom is 0.229 e. The van der Waals surface area contributed by atoms with Crippen LogP contribution in [0.1, 0.15) is 61.9 Å². The highest BCUT2D eigenvalue weighted by Gasteiger charge is 2.46. The Hall–Kier alpha value is -2.70. The first kappa shape index (κ1) is 21.5. The predicted octanol–water partition coefficient (Wildman–Crippen LogP) is 3.78. The summed E-state index contributed by atoms with van der Waals surface area (Å²) in [7, 11) is 0. The first-order valence-electron chi connectivity index (χ1n) is 11.2. The number of aromatic amines is 1. The molecule has 1 atom stereocenters. The lowest BCUT2D eigenvalue weighted by molar-refractivity contribution is -0.151. The number of H-pyrrole nitrogens is 1. The molecule has 2 fully saturated rings. The Morgan fingerprint density at radius 1 is 1.16 bits per heavy atom. The van der Waals surface area contributed by atoms with E-state index >= 15 is 0 Å². The normalized spacial score (nSPS) is 21.2. The van der Waals surface area contributed by atoms with Crippen LogP contribution in [-0.2, 0) is 16.0 Å². The third kappa shape index (κ3) is 4.36. The number of nitrogens with one attached hydrogen (secondary N) is 1. The Bertz CT molecular complexity index is 931. The Morgan fingerprint density at radius 2 is 1.87 bits per heavy atom. The fourth-order valence-corrected chi connectivity index (χ4v) is 5.18. The number of carbonyl (C=O) groups excluding carboxylic acids is 2. The highest BCUT2D eigenvalue weighted by atomic mass is 19.1. The molecule has 0 bridgehead atoms. The van der Waals surface area contributed by atoms with Crippen LogP contribution < -0.4 is 0 Å². The lowest BCUT2D eigenvalue weighted by Crippen LogP contribution is -2.53. The summed E-state index contributed by atoms with van der Waals surface area (Å²) >= 11 is 0. The van der Waals surface area contributed by atoms with Gasteiger partial charge in [0, 0.05) is 26.6 Å². The van der Waals surface area contributed by atoms with Gasteiger partial charge in [-0.25, -0.2) is 4.39 Å². The van der Waals surface area contributed by atoms with E-state index in [-0.39, 0.29) is 23.7 Å². The van der Waals surface area contributed by atoms with Gasteiger partial charge in [-0.15, -0.1) is 0 Å². The number of carbonyl (C=O) groups is 2. The number of amides is 2. The van der Waals surface area contributed by atoms with E-state index in [1.807, 2.05) is 22.9 Å². The van der Waals surface area contributed by atoms with Crippen LogP contribution in [0.3, 0.4) is 0 Å². The molecule has 2 amide bonds. The first-order valence-corrected chi connectivity index (χ1v) is 11.2. The van der Waals surface area contributed by atoms with E-state index in [1.54, 1.807) is 19.1 Å². The fourth-order valence-electron chi connectivity index (χ4n) is 5.18. The van der Waals surface area contributed by atoms with Crippen LogP contribution >= 0.6 is 0 Å². The van der Waals surface area contributed by atoms with Crippen LogP contribution in [0.15, 0.2) is 30.5 Å². The lowest BCUT2D eigenvalue weighted by Gasteiger charge is -2.46. The Kier molecular flexibility index (Phi) is 6.12. The van der Waals surface area contributed by atoms with E-state index in [4.69, 9.17) is 0 Å². The minimum Gasteiger partial charge on any atom is -0.343 e. The molecule has 1 aromatic heterocycles. The molecule has 4 rings (SSSR count). The molecule has 1 N–H and O–H groups in total. The number of aryl methyl sites for hydroxylation is 1. The second-order valence-electron chi connectivity index (χ2n) is 9.07. The molecule has 2 aromatic rings. The van der Waals surface area contributed by atoms with Crippen molar-refractivity contribution in [3.8, 4) is 0 Å². The van der Waals surface area contributed by atoms with Gasteiger partial charge in [-0.05, 0) is 68.7 Å². The van der Waals surface area contributed by atoms with E-state index in [9.17, 15) is 14.0 Å². The first-order chi connectivity index (χ1) is 14.9. The molecule has 2 saturated heterocycles. The molecule has 7 heteroatoms. The quantitative estimate of drug-likeness (QED) is 0.809. The van der Waals surface area contributed by atoms with Gasteiger partial charge in [0.1, 0.15) is 5.82 Å². The largest absolute Gasteiger partial charge is 0.343 e. The molecule has 3 heterocycles. The van der Waals surface area contributed by atoms with Crippen molar-refractivity contribution in [3.05, 3.63) is 53.1 Å². The van der Waals surface area contributed by atoms with Crippen molar-refractivity contribution >= 4 is 11.8 Å². The number of likely N-dealkylation sites (tertiary alicyclic amines) is 2. The minimum absolute atomic E-state index is 0.000297. The van der Waals surface area contributed by atoms with Crippen molar-refractivity contribution in [2.24, 2.45) is 5.41 Å². The highest BCUT2D eigenvalue weighted by molar-refractivity contribution is 5.84. The molecular formula is C24H31FN4O2. The van der Waals surface area contributed by atoms with E-state index in [1.165, 1.54) is 12.1 Å². The van der Waals surface area contributed by atoms with Crippen LogP contribution in [0.2, 0.25) is 0 Å². The molecule has 0 spiro atoms. The number of rotatable bonds is 4. The highest BCUT2D eigenvalue weighted by Crippen LogP contribution is 2.41. The second kappa shape index (κ2) is 8.81. The van der Waals surface area contributed by atoms with Gasteiger partial charge in [0.05, 0.1) is 23.3 Å². The maximum atomic E-state index is 14.2. The number of hydrogen-bond acceptors (Lipinski definition) is 3. The van der Waals surface area contributed by atoms with Crippen LogP contribution in [0, 0.1) is 18.2 Å². The minimum atomic E-state index is -0.590. The summed E-state index contributed by atoms with van der Waals surface area (Å²) in [4.78, 5) is 29.9. The molecule has 166 valence electrons. The molecule has 0 saturated carbocycles. The summed E-state index contributed by atoms with van der Waals surface area (Å²) in [6.07, 6.45) is 6.59. The molecule has 1 aromatic carbocycles. The van der Waals surface area contributed by atoms with Crippen molar-refractivity contribution in [3.63, 3.8) is 0 Å². The average molecular weight is 427 g/mol. The van der Waals surface area contributed by atoms with Crippen molar-refractivity contribution in [2.75, 3.05) is 19.6 Å². The zero-order chi connectivity index (χ0) is 22.0. The zero-order valence-electron chi connectivity index (χ0n) is 18.4. The van der Waals surface area contributed by atoms with Crippen LogP contribution in [-0.4, -0.2) is 51.4 Å². The lowest BCUT2D eigenvalue weighted by atomic mass is 9.72. The van der Waals surface area contributed by atoms with Gasteiger partial charge in [-0.1, -0.05) is 12.1 Å². The zero-order valence-corrected chi connectivity index (χ0v) is 18.4. The average Bonchev–Trinajstić information content (AvgIpc) is 3.21. The number of halogens is 1. The topological polar surface area (TPSA) is 69.3 Å². The van der Waals surface area contributed by atoms with Crippen molar-refractivity contribution < 1.29 is 14.0 Å². The van der Waals surface area contributed by atoms with Crippen molar-refractivity contribution in [1.82, 2.24) is 20.0 Å². The van der Waals surface area contributed by atoms with Crippen LogP contribution in [0.25, 0.3) is 0 Å². The summed E-state index contributed by atoms with van der Waals surface area (Å²) in [6, 6.07) is 6.45. The third-order valence-corrected chi connectivity index (χ3v) is 7.04. The van der Waals surface area contributed by atoms with Gasteiger partial charge in [0.15, 0.2) is 0 Å². The molecule has 6 nitrogen and oxygen atoms in total. The monoisotopic (exact) mass is 426 g/mol. The summed E-state index contributed by atoms with van der Waals surface area (Å²) in [5.74, 6) is -0.0770. The van der Waals surface area contributed by atoms with Gasteiger partial charge >= 0.3 is 0 Å². The molecular weight excluding hydrogens is 395 g/mol. The standard InChI is InChI=1S/C24H31FN4O2/c1-17-16-26-27-22(17)21-5-3-4-12-29(21)23(31)24(10-13-28(14-11-24)18(2)30)15-19-6-8-20(25)9-7-19/h6-9,16,21H,3-5,10-15H2,1-2H3,(H,26,27). The number of aromatic nitrogens is 2. The fraction of sp³-hybridized carbons (Fsp3) is 0.542. The maximum absolute atomic E-state index is 14.2.